The van der Waals surface area contributed by atoms with Crippen molar-refractivity contribution < 1.29 is 33.5 Å². The number of carbonyl (C=O) groups excluding carboxylic acids is 2. The van der Waals surface area contributed by atoms with Crippen LogP contribution >= 0.6 is 11.6 Å². The highest BCUT2D eigenvalue weighted by Crippen LogP contribution is 2.36. The molecule has 0 radical (unpaired) electrons. The van der Waals surface area contributed by atoms with Gasteiger partial charge in [-0.3, -0.25) is 14.9 Å². The number of nitro benzene ring substituents is 1. The molecule has 11 nitrogen and oxygen atoms in total. The molecule has 0 spiro atoms. The Morgan fingerprint density at radius 3 is 2.48 bits per heavy atom. The van der Waals surface area contributed by atoms with Crippen LogP contribution in [0.4, 0.5) is 5.69 Å². The second-order valence-corrected chi connectivity index (χ2v) is 6.15. The van der Waals surface area contributed by atoms with Crippen molar-refractivity contribution in [3.63, 3.8) is 0 Å². The summed E-state index contributed by atoms with van der Waals surface area (Å²) in [6.45, 7) is -0.360. The van der Waals surface area contributed by atoms with Gasteiger partial charge in [-0.25, -0.2) is 10.2 Å². The number of nitrogens with one attached hydrogen (secondary N) is 1. The van der Waals surface area contributed by atoms with Crippen molar-refractivity contribution in [2.24, 2.45) is 5.10 Å². The first kappa shape index (κ1) is 23.4. The normalized spacial score (nSPS) is 10.5. The van der Waals surface area contributed by atoms with Gasteiger partial charge in [0.05, 0.1) is 43.1 Å². The Kier molecular flexibility index (Phi) is 8.15. The van der Waals surface area contributed by atoms with E-state index in [9.17, 15) is 19.7 Å². The van der Waals surface area contributed by atoms with Gasteiger partial charge in [0.25, 0.3) is 11.6 Å². The highest BCUT2D eigenvalue weighted by molar-refractivity contribution is 6.32. The molecule has 31 heavy (non-hydrogen) atoms. The highest BCUT2D eigenvalue weighted by atomic mass is 35.5. The fraction of sp³-hybridized carbons (Fsp3) is 0.211. The van der Waals surface area contributed by atoms with Crippen molar-refractivity contribution >= 4 is 35.4 Å². The van der Waals surface area contributed by atoms with Crippen LogP contribution < -0.4 is 19.6 Å². The monoisotopic (exact) mass is 451 g/mol. The number of hydrogen-bond donors (Lipinski definition) is 1. The molecule has 0 unspecified atom stereocenters. The molecule has 164 valence electrons. The lowest BCUT2D eigenvalue weighted by Crippen LogP contribution is -2.18. The largest absolute Gasteiger partial charge is 0.496 e. The first-order valence-corrected chi connectivity index (χ1v) is 8.91. The molecule has 0 fully saturated rings. The van der Waals surface area contributed by atoms with Gasteiger partial charge in [-0.2, -0.15) is 5.10 Å². The van der Waals surface area contributed by atoms with Gasteiger partial charge in [0, 0.05) is 12.1 Å². The maximum atomic E-state index is 12.4. The Morgan fingerprint density at radius 1 is 1.16 bits per heavy atom. The van der Waals surface area contributed by atoms with E-state index < -0.39 is 16.8 Å². The van der Waals surface area contributed by atoms with Crippen molar-refractivity contribution in [3.05, 3.63) is 56.6 Å². The summed E-state index contributed by atoms with van der Waals surface area (Å²) in [7, 11) is 3.94. The number of rotatable bonds is 9. The third kappa shape index (κ3) is 6.06. The van der Waals surface area contributed by atoms with E-state index in [1.54, 1.807) is 0 Å². The first-order valence-electron chi connectivity index (χ1n) is 8.53. The highest BCUT2D eigenvalue weighted by Gasteiger charge is 2.17. The third-order valence-electron chi connectivity index (χ3n) is 3.83. The van der Waals surface area contributed by atoms with Crippen LogP contribution in [-0.4, -0.2) is 51.0 Å². The lowest BCUT2D eigenvalue weighted by atomic mass is 10.1. The minimum Gasteiger partial charge on any atom is -0.496 e. The quantitative estimate of drug-likeness (QED) is 0.265. The number of methoxy groups -OCH3 is 3. The van der Waals surface area contributed by atoms with Crippen LogP contribution in [0.2, 0.25) is 5.02 Å². The zero-order valence-electron chi connectivity index (χ0n) is 16.7. The average Bonchev–Trinajstić information content (AvgIpc) is 2.76. The van der Waals surface area contributed by atoms with Crippen LogP contribution in [0, 0.1) is 10.1 Å². The van der Waals surface area contributed by atoms with E-state index in [1.807, 2.05) is 0 Å². The van der Waals surface area contributed by atoms with Gasteiger partial charge < -0.3 is 18.9 Å². The van der Waals surface area contributed by atoms with Crippen molar-refractivity contribution in [2.45, 2.75) is 0 Å². The summed E-state index contributed by atoms with van der Waals surface area (Å²) in [5, 5.41) is 14.9. The molecule has 0 aromatic heterocycles. The Bertz CT molecular complexity index is 1030. The molecule has 0 saturated heterocycles. The van der Waals surface area contributed by atoms with Crippen molar-refractivity contribution in [2.75, 3.05) is 27.9 Å². The van der Waals surface area contributed by atoms with Gasteiger partial charge in [-0.15, -0.1) is 0 Å². The molecule has 0 aliphatic carbocycles. The standard InChI is InChI=1S/C19H18ClN3O8/c1-28-15-5-4-12(23(26)27)8-13(15)19(25)22-21-9-11-6-14(20)18(16(7-11)29-2)31-10-17(24)30-3/h4-9H,10H2,1-3H3,(H,22,25). The van der Waals surface area contributed by atoms with Crippen molar-refractivity contribution in [3.8, 4) is 17.2 Å². The van der Waals surface area contributed by atoms with E-state index >= 15 is 0 Å². The van der Waals surface area contributed by atoms with Crippen LogP contribution in [0.5, 0.6) is 17.2 Å². The molecule has 2 rings (SSSR count). The lowest BCUT2D eigenvalue weighted by molar-refractivity contribution is -0.384. The summed E-state index contributed by atoms with van der Waals surface area (Å²) in [6.07, 6.45) is 1.28. The number of hydrogen-bond acceptors (Lipinski definition) is 9. The van der Waals surface area contributed by atoms with Gasteiger partial charge in [-0.1, -0.05) is 11.6 Å². The van der Waals surface area contributed by atoms with Crippen LogP contribution in [0.15, 0.2) is 35.4 Å². The molecule has 0 saturated carbocycles. The minimum absolute atomic E-state index is 0.0592. The SMILES string of the molecule is COC(=O)COc1c(Cl)cc(C=NNC(=O)c2cc([N+](=O)[O-])ccc2OC)cc1OC. The van der Waals surface area contributed by atoms with E-state index in [1.165, 1.54) is 51.8 Å². The summed E-state index contributed by atoms with van der Waals surface area (Å²) in [5.74, 6) is -0.798. The molecule has 0 heterocycles. The number of nitrogens with zero attached hydrogens (tertiary/aromatic N) is 2. The van der Waals surface area contributed by atoms with Gasteiger partial charge >= 0.3 is 5.97 Å². The topological polar surface area (TPSA) is 139 Å². The number of amides is 1. The molecular formula is C19H18ClN3O8. The Labute approximate surface area is 181 Å². The summed E-state index contributed by atoms with van der Waals surface area (Å²) < 4.78 is 20.1. The van der Waals surface area contributed by atoms with E-state index in [0.717, 1.165) is 6.07 Å². The minimum atomic E-state index is -0.715. The number of esters is 1. The number of halogens is 1. The molecule has 0 atom stereocenters. The van der Waals surface area contributed by atoms with Gasteiger partial charge in [0.2, 0.25) is 0 Å². The Balaban J connectivity index is 2.18. The maximum Gasteiger partial charge on any atom is 0.343 e. The molecule has 1 N–H and O–H groups in total. The van der Waals surface area contributed by atoms with Crippen molar-refractivity contribution in [1.82, 2.24) is 5.43 Å². The summed E-state index contributed by atoms with van der Waals surface area (Å²) in [6, 6.07) is 6.60. The Morgan fingerprint density at radius 2 is 1.87 bits per heavy atom. The zero-order valence-corrected chi connectivity index (χ0v) is 17.5. The maximum absolute atomic E-state index is 12.4. The number of non-ortho nitro benzene ring substituents is 1. The molecule has 0 bridgehead atoms. The van der Waals surface area contributed by atoms with Crippen LogP contribution in [0.3, 0.4) is 0 Å². The second kappa shape index (κ2) is 10.8. The first-order chi connectivity index (χ1) is 14.8. The smallest absolute Gasteiger partial charge is 0.343 e. The van der Waals surface area contributed by atoms with E-state index in [4.69, 9.17) is 25.8 Å². The average molecular weight is 452 g/mol. The predicted molar refractivity (Wildman–Crippen MR) is 110 cm³/mol. The van der Waals surface area contributed by atoms with E-state index in [2.05, 4.69) is 15.3 Å². The number of ether oxygens (including phenoxy) is 4. The molecule has 2 aromatic carbocycles. The Hall–Kier alpha value is -3.86. The van der Waals surface area contributed by atoms with Gasteiger partial charge in [-0.05, 0) is 23.8 Å². The zero-order chi connectivity index (χ0) is 23.0. The fourth-order valence-corrected chi connectivity index (χ4v) is 2.63. The molecular weight excluding hydrogens is 434 g/mol. The van der Waals surface area contributed by atoms with Crippen molar-refractivity contribution in [1.29, 1.82) is 0 Å². The number of benzene rings is 2. The third-order valence-corrected chi connectivity index (χ3v) is 4.11. The molecule has 12 heteroatoms. The van der Waals surface area contributed by atoms with Gasteiger partial charge in [0.15, 0.2) is 18.1 Å². The fourth-order valence-electron chi connectivity index (χ4n) is 2.36. The molecule has 1 amide bonds. The summed E-state index contributed by atoms with van der Waals surface area (Å²) >= 11 is 6.18. The lowest BCUT2D eigenvalue weighted by Gasteiger charge is -2.12. The van der Waals surface area contributed by atoms with Crippen LogP contribution in [0.1, 0.15) is 15.9 Å². The van der Waals surface area contributed by atoms with E-state index in [0.29, 0.717) is 5.56 Å². The van der Waals surface area contributed by atoms with E-state index in [-0.39, 0.29) is 40.1 Å². The molecule has 0 aliphatic heterocycles. The second-order valence-electron chi connectivity index (χ2n) is 5.74. The predicted octanol–water partition coefficient (Wildman–Crippen LogP) is 2.58. The van der Waals surface area contributed by atoms with Gasteiger partial charge in [0.1, 0.15) is 5.75 Å². The van der Waals surface area contributed by atoms with Crippen LogP contribution in [0.25, 0.3) is 0 Å². The summed E-state index contributed by atoms with van der Waals surface area (Å²) in [4.78, 5) is 33.9. The number of nitro groups is 1. The molecule has 0 aliphatic rings. The number of hydrazone groups is 1. The number of carbonyl (C=O) groups is 2. The summed E-state index contributed by atoms with van der Waals surface area (Å²) in [5.41, 5.74) is 2.37. The molecule has 2 aromatic rings. The van der Waals surface area contributed by atoms with Crippen LogP contribution in [-0.2, 0) is 9.53 Å².